The van der Waals surface area contributed by atoms with Crippen LogP contribution < -0.4 is 9.62 Å². The molecule has 178 valence electrons. The monoisotopic (exact) mass is 487 g/mol. The van der Waals surface area contributed by atoms with E-state index in [1.54, 1.807) is 44.6 Å². The van der Waals surface area contributed by atoms with Gasteiger partial charge >= 0.3 is 10.2 Å². The number of carbonyl (C=O) groups is 1. The molecular weight excluding hydrogens is 462 g/mol. The van der Waals surface area contributed by atoms with Gasteiger partial charge in [-0.25, -0.2) is 4.98 Å². The van der Waals surface area contributed by atoms with Gasteiger partial charge in [-0.3, -0.25) is 14.1 Å². The number of carbonyl (C=O) groups excluding carboxylic acids is 1. The number of aromatic nitrogens is 2. The van der Waals surface area contributed by atoms with Crippen LogP contribution in [0.3, 0.4) is 0 Å². The van der Waals surface area contributed by atoms with Crippen molar-refractivity contribution >= 4 is 38.4 Å². The van der Waals surface area contributed by atoms with Gasteiger partial charge in [0.25, 0.3) is 5.91 Å². The van der Waals surface area contributed by atoms with Crippen molar-refractivity contribution in [3.05, 3.63) is 83.7 Å². The number of anilines is 2. The molecule has 0 bridgehead atoms. The van der Waals surface area contributed by atoms with E-state index in [1.807, 2.05) is 43.3 Å². The molecule has 4 aromatic rings. The third kappa shape index (κ3) is 4.24. The third-order valence-electron chi connectivity index (χ3n) is 6.29. The number of hydrogen-bond donors (Lipinski definition) is 1. The maximum absolute atomic E-state index is 13.1. The standard InChI is InChI=1S/C26H25N5O3S/c1-17-4-6-20(15-23(17)25-9-5-19-16-27-11-10-24(19)29-25)28-26(32)22-8-7-21(14-18(22)2)31-13-12-30(3)35(31,33)34/h4-11,14-16H,12-13H2,1-3H3,(H,28,32). The number of fused-ring (bicyclic) bond motifs is 1. The van der Waals surface area contributed by atoms with Crippen LogP contribution in [0.25, 0.3) is 22.2 Å². The molecule has 2 aromatic carbocycles. The maximum atomic E-state index is 13.1. The molecule has 0 saturated carbocycles. The summed E-state index contributed by atoms with van der Waals surface area (Å²) >= 11 is 0. The molecule has 0 unspecified atom stereocenters. The molecule has 1 saturated heterocycles. The van der Waals surface area contributed by atoms with E-state index in [9.17, 15) is 13.2 Å². The van der Waals surface area contributed by atoms with E-state index < -0.39 is 10.2 Å². The SMILES string of the molecule is Cc1cc(N2CCN(C)S2(=O)=O)ccc1C(=O)Nc1ccc(C)c(-c2ccc3cnccc3n2)c1. The van der Waals surface area contributed by atoms with Crippen molar-refractivity contribution in [2.24, 2.45) is 0 Å². The van der Waals surface area contributed by atoms with Crippen LogP contribution in [0, 0.1) is 13.8 Å². The third-order valence-corrected chi connectivity index (χ3v) is 8.21. The highest BCUT2D eigenvalue weighted by atomic mass is 32.2. The van der Waals surface area contributed by atoms with Gasteiger partial charge in [0.15, 0.2) is 0 Å². The van der Waals surface area contributed by atoms with Gasteiger partial charge in [-0.15, -0.1) is 0 Å². The van der Waals surface area contributed by atoms with Gasteiger partial charge in [-0.05, 0) is 73.5 Å². The van der Waals surface area contributed by atoms with Crippen LogP contribution >= 0.6 is 0 Å². The van der Waals surface area contributed by atoms with Crippen molar-refractivity contribution in [3.63, 3.8) is 0 Å². The van der Waals surface area contributed by atoms with Crippen LogP contribution in [-0.4, -0.2) is 48.7 Å². The van der Waals surface area contributed by atoms with Crippen LogP contribution in [-0.2, 0) is 10.2 Å². The lowest BCUT2D eigenvalue weighted by atomic mass is 10.0. The predicted octanol–water partition coefficient (Wildman–Crippen LogP) is 4.16. The van der Waals surface area contributed by atoms with E-state index in [-0.39, 0.29) is 5.91 Å². The molecule has 35 heavy (non-hydrogen) atoms. The first-order chi connectivity index (χ1) is 16.7. The molecule has 0 radical (unpaired) electrons. The lowest BCUT2D eigenvalue weighted by Crippen LogP contribution is -2.30. The van der Waals surface area contributed by atoms with Crippen molar-refractivity contribution in [2.75, 3.05) is 29.8 Å². The predicted molar refractivity (Wildman–Crippen MR) is 138 cm³/mol. The Morgan fingerprint density at radius 2 is 1.80 bits per heavy atom. The first-order valence-electron chi connectivity index (χ1n) is 11.2. The highest BCUT2D eigenvalue weighted by molar-refractivity contribution is 7.90. The Bertz CT molecular complexity index is 1570. The molecule has 1 amide bonds. The van der Waals surface area contributed by atoms with E-state index in [0.717, 1.165) is 27.7 Å². The minimum absolute atomic E-state index is 0.261. The van der Waals surface area contributed by atoms with Gasteiger partial charge in [0.1, 0.15) is 0 Å². The van der Waals surface area contributed by atoms with Crippen molar-refractivity contribution in [1.82, 2.24) is 14.3 Å². The Hall–Kier alpha value is -3.82. The number of nitrogens with one attached hydrogen (secondary N) is 1. The Kier molecular flexibility index (Phi) is 5.74. The Balaban J connectivity index is 1.40. The lowest BCUT2D eigenvalue weighted by molar-refractivity contribution is 0.102. The van der Waals surface area contributed by atoms with E-state index >= 15 is 0 Å². The number of benzene rings is 2. The van der Waals surface area contributed by atoms with Crippen LogP contribution in [0.4, 0.5) is 11.4 Å². The minimum Gasteiger partial charge on any atom is -0.322 e. The zero-order valence-corrected chi connectivity index (χ0v) is 20.5. The topological polar surface area (TPSA) is 95.5 Å². The van der Waals surface area contributed by atoms with E-state index in [4.69, 9.17) is 4.98 Å². The lowest BCUT2D eigenvalue weighted by Gasteiger charge is -2.19. The van der Waals surface area contributed by atoms with Gasteiger partial charge in [0.2, 0.25) is 0 Å². The molecule has 5 rings (SSSR count). The fourth-order valence-electron chi connectivity index (χ4n) is 4.24. The molecule has 0 aliphatic carbocycles. The fraction of sp³-hybridized carbons (Fsp3) is 0.192. The Morgan fingerprint density at radius 1 is 0.971 bits per heavy atom. The number of pyridine rings is 2. The van der Waals surface area contributed by atoms with Crippen LogP contribution in [0.1, 0.15) is 21.5 Å². The average Bonchev–Trinajstić information content (AvgIpc) is 3.11. The molecule has 1 fully saturated rings. The number of rotatable bonds is 4. The number of nitrogens with zero attached hydrogens (tertiary/aromatic N) is 4. The molecule has 8 nitrogen and oxygen atoms in total. The van der Waals surface area contributed by atoms with E-state index in [2.05, 4.69) is 10.3 Å². The summed E-state index contributed by atoms with van der Waals surface area (Å²) in [5, 5.41) is 3.93. The molecule has 1 aliphatic heterocycles. The summed E-state index contributed by atoms with van der Waals surface area (Å²) in [5.41, 5.74) is 6.03. The summed E-state index contributed by atoms with van der Waals surface area (Å²) in [7, 11) is -1.95. The summed E-state index contributed by atoms with van der Waals surface area (Å²) < 4.78 is 27.6. The fourth-order valence-corrected chi connectivity index (χ4v) is 5.58. The normalized spacial score (nSPS) is 15.5. The quantitative estimate of drug-likeness (QED) is 0.466. The highest BCUT2D eigenvalue weighted by Crippen LogP contribution is 2.29. The zero-order chi connectivity index (χ0) is 24.7. The molecule has 3 heterocycles. The van der Waals surface area contributed by atoms with Crippen molar-refractivity contribution in [1.29, 1.82) is 0 Å². The van der Waals surface area contributed by atoms with Gasteiger partial charge in [-0.1, -0.05) is 6.07 Å². The van der Waals surface area contributed by atoms with Crippen LogP contribution in [0.2, 0.25) is 0 Å². The average molecular weight is 488 g/mol. The second-order valence-electron chi connectivity index (χ2n) is 8.65. The van der Waals surface area contributed by atoms with E-state index in [1.165, 1.54) is 8.61 Å². The molecule has 0 spiro atoms. The molecule has 1 aliphatic rings. The molecule has 9 heteroatoms. The van der Waals surface area contributed by atoms with Crippen molar-refractivity contribution in [3.8, 4) is 11.3 Å². The summed E-state index contributed by atoms with van der Waals surface area (Å²) in [6.45, 7) is 4.63. The summed E-state index contributed by atoms with van der Waals surface area (Å²) in [6, 6.07) is 16.6. The van der Waals surface area contributed by atoms with Gasteiger partial charge in [0.05, 0.1) is 16.9 Å². The van der Waals surface area contributed by atoms with Gasteiger partial charge in [0, 0.05) is 54.7 Å². The second-order valence-corrected chi connectivity index (χ2v) is 10.6. The minimum atomic E-state index is -3.51. The molecule has 0 atom stereocenters. The summed E-state index contributed by atoms with van der Waals surface area (Å²) in [4.78, 5) is 22.0. The van der Waals surface area contributed by atoms with Crippen molar-refractivity contribution in [2.45, 2.75) is 13.8 Å². The highest BCUT2D eigenvalue weighted by Gasteiger charge is 2.34. The van der Waals surface area contributed by atoms with Crippen molar-refractivity contribution < 1.29 is 13.2 Å². The summed E-state index contributed by atoms with van der Waals surface area (Å²) in [6.07, 6.45) is 3.49. The zero-order valence-electron chi connectivity index (χ0n) is 19.7. The van der Waals surface area contributed by atoms with E-state index in [0.29, 0.717) is 35.6 Å². The molecular formula is C26H25N5O3S. The number of aryl methyl sites for hydroxylation is 2. The first kappa shape index (κ1) is 22.9. The number of amides is 1. The Labute approximate surface area is 204 Å². The van der Waals surface area contributed by atoms with Crippen LogP contribution in [0.5, 0.6) is 0 Å². The Morgan fingerprint density at radius 3 is 2.54 bits per heavy atom. The smallest absolute Gasteiger partial charge is 0.303 e. The maximum Gasteiger partial charge on any atom is 0.303 e. The number of likely N-dealkylation sites (N-methyl/N-ethyl adjacent to an activating group) is 1. The van der Waals surface area contributed by atoms with Gasteiger partial charge < -0.3 is 5.32 Å². The summed E-state index contributed by atoms with van der Waals surface area (Å²) in [5.74, 6) is -0.261. The van der Waals surface area contributed by atoms with Crippen LogP contribution in [0.15, 0.2) is 67.0 Å². The second kappa shape index (κ2) is 8.75. The van der Waals surface area contributed by atoms with Gasteiger partial charge in [-0.2, -0.15) is 12.7 Å². The first-order valence-corrected chi connectivity index (χ1v) is 12.6. The largest absolute Gasteiger partial charge is 0.322 e. The molecule has 1 N–H and O–H groups in total. The number of hydrogen-bond acceptors (Lipinski definition) is 5. The molecule has 2 aromatic heterocycles.